The van der Waals surface area contributed by atoms with Gasteiger partial charge in [0.15, 0.2) is 0 Å². The van der Waals surface area contributed by atoms with Gasteiger partial charge in [-0.1, -0.05) is 188 Å². The van der Waals surface area contributed by atoms with Crippen molar-refractivity contribution in [2.45, 2.75) is 12.3 Å². The lowest BCUT2D eigenvalue weighted by molar-refractivity contribution is 0.855. The molecule has 0 bridgehead atoms. The van der Waals surface area contributed by atoms with Crippen LogP contribution in [0.25, 0.3) is 98.4 Å². The van der Waals surface area contributed by atoms with Crippen LogP contribution in [0.1, 0.15) is 17.9 Å². The van der Waals surface area contributed by atoms with Crippen molar-refractivity contribution in [1.82, 2.24) is 0 Å². The van der Waals surface area contributed by atoms with Crippen molar-refractivity contribution in [3.8, 4) is 44.5 Å². The minimum absolute atomic E-state index is 0.348. The highest BCUT2D eigenvalue weighted by Gasteiger charge is 2.20. The monoisotopic (exact) mass is 710 g/mol. The average molecular weight is 711 g/mol. The van der Waals surface area contributed by atoms with Crippen molar-refractivity contribution in [1.29, 1.82) is 0 Å². The highest BCUT2D eigenvalue weighted by atomic mass is 14.2. The van der Waals surface area contributed by atoms with E-state index in [1.54, 1.807) is 0 Å². The van der Waals surface area contributed by atoms with Gasteiger partial charge in [-0.2, -0.15) is 0 Å². The van der Waals surface area contributed by atoms with Gasteiger partial charge in [-0.15, -0.1) is 0 Å². The molecule has 11 rings (SSSR count). The lowest BCUT2D eigenvalue weighted by atomic mass is 9.82. The van der Waals surface area contributed by atoms with Gasteiger partial charge >= 0.3 is 0 Å². The Morgan fingerprint density at radius 2 is 0.946 bits per heavy atom. The lowest BCUT2D eigenvalue weighted by Crippen LogP contribution is -1.98. The average Bonchev–Trinajstić information content (AvgIpc) is 3.28. The molecule has 1 unspecified atom stereocenters. The Kier molecular flexibility index (Phi) is 7.74. The second kappa shape index (κ2) is 13.4. The summed E-state index contributed by atoms with van der Waals surface area (Å²) < 4.78 is 0. The summed E-state index contributed by atoms with van der Waals surface area (Å²) in [7, 11) is 0. The normalized spacial score (nSPS) is 14.0. The summed E-state index contributed by atoms with van der Waals surface area (Å²) in [6, 6.07) is 70.1. The summed E-state index contributed by atoms with van der Waals surface area (Å²) in [5.41, 5.74) is 11.3. The molecule has 10 aromatic rings. The minimum Gasteiger partial charge on any atom is -0.0836 e. The quantitative estimate of drug-likeness (QED) is 0.123. The Morgan fingerprint density at radius 3 is 1.75 bits per heavy atom. The van der Waals surface area contributed by atoms with Crippen LogP contribution < -0.4 is 0 Å². The Labute approximate surface area is 327 Å². The van der Waals surface area contributed by atoms with Crippen LogP contribution in [0.2, 0.25) is 0 Å². The molecule has 262 valence electrons. The van der Waals surface area contributed by atoms with Crippen LogP contribution in [0, 0.1) is 0 Å². The van der Waals surface area contributed by atoms with Crippen LogP contribution in [-0.2, 0) is 0 Å². The third kappa shape index (κ3) is 5.45. The van der Waals surface area contributed by atoms with Gasteiger partial charge in [0.1, 0.15) is 0 Å². The largest absolute Gasteiger partial charge is 0.0836 e. The van der Waals surface area contributed by atoms with Gasteiger partial charge in [0.25, 0.3) is 0 Å². The van der Waals surface area contributed by atoms with E-state index in [1.165, 1.54) is 104 Å². The summed E-state index contributed by atoms with van der Waals surface area (Å²) in [6.45, 7) is 0. The second-order valence-electron chi connectivity index (χ2n) is 15.2. The fourth-order valence-corrected chi connectivity index (χ4v) is 9.19. The highest BCUT2D eigenvalue weighted by Crippen LogP contribution is 2.47. The molecule has 0 aliphatic heterocycles. The van der Waals surface area contributed by atoms with E-state index in [0.717, 1.165) is 6.42 Å². The van der Waals surface area contributed by atoms with E-state index in [1.807, 2.05) is 0 Å². The molecule has 0 radical (unpaired) electrons. The molecular weight excluding hydrogens is 673 g/mol. The molecule has 0 spiro atoms. The molecule has 1 aliphatic carbocycles. The van der Waals surface area contributed by atoms with E-state index in [-0.39, 0.29) is 0 Å². The van der Waals surface area contributed by atoms with Gasteiger partial charge in [0.05, 0.1) is 0 Å². The first kappa shape index (κ1) is 32.4. The molecule has 1 aliphatic rings. The fraction of sp³-hybridized carbons (Fsp3) is 0.0357. The molecule has 0 fully saturated rings. The minimum atomic E-state index is 0.348. The zero-order chi connectivity index (χ0) is 37.0. The predicted octanol–water partition coefficient (Wildman–Crippen LogP) is 15.7. The van der Waals surface area contributed by atoms with E-state index in [2.05, 4.69) is 212 Å². The van der Waals surface area contributed by atoms with Gasteiger partial charge in [0.2, 0.25) is 0 Å². The summed E-state index contributed by atoms with van der Waals surface area (Å²) >= 11 is 0. The molecule has 56 heavy (non-hydrogen) atoms. The number of fused-ring (bicyclic) bond motifs is 6. The van der Waals surface area contributed by atoms with Crippen molar-refractivity contribution < 1.29 is 0 Å². The SMILES string of the molecule is C1=CCC(c2ccc3c(-c4ccc5ccccc5c4)c4cc(-c5ccccc5)ccc4c(-c4ccc(-c5cc6ccccc6c6ccccc56)cc4)c3c2)C=C1. The molecule has 10 aromatic carbocycles. The molecule has 0 N–H and O–H groups in total. The Morgan fingerprint density at radius 1 is 0.321 bits per heavy atom. The molecule has 0 nitrogen and oxygen atoms in total. The van der Waals surface area contributed by atoms with Crippen molar-refractivity contribution in [2.75, 3.05) is 0 Å². The predicted molar refractivity (Wildman–Crippen MR) is 241 cm³/mol. The Bertz CT molecular complexity index is 3200. The van der Waals surface area contributed by atoms with Crippen LogP contribution >= 0.6 is 0 Å². The van der Waals surface area contributed by atoms with Crippen LogP contribution in [-0.4, -0.2) is 0 Å². The van der Waals surface area contributed by atoms with Crippen molar-refractivity contribution >= 4 is 53.9 Å². The molecule has 0 saturated heterocycles. The van der Waals surface area contributed by atoms with Gasteiger partial charge in [-0.05, 0) is 135 Å². The van der Waals surface area contributed by atoms with Crippen molar-refractivity contribution in [3.63, 3.8) is 0 Å². The van der Waals surface area contributed by atoms with E-state index >= 15 is 0 Å². The topological polar surface area (TPSA) is 0 Å². The molecule has 0 aromatic heterocycles. The van der Waals surface area contributed by atoms with Crippen molar-refractivity contribution in [2.24, 2.45) is 0 Å². The zero-order valence-corrected chi connectivity index (χ0v) is 31.0. The maximum atomic E-state index is 2.48. The molecule has 0 saturated carbocycles. The van der Waals surface area contributed by atoms with E-state index in [9.17, 15) is 0 Å². The first-order valence-electron chi connectivity index (χ1n) is 19.7. The molecule has 0 heteroatoms. The summed E-state index contributed by atoms with van der Waals surface area (Å²) in [6.07, 6.45) is 10.0. The Balaban J connectivity index is 1.19. The van der Waals surface area contributed by atoms with Crippen molar-refractivity contribution in [3.05, 3.63) is 218 Å². The standard InChI is InChI=1S/C56H38/c1-3-13-37(14-4-1)43-30-32-51-53(34-43)55(41-26-24-40(25-27-41)52-36-45-19-9-10-20-47(45)48-21-11-12-22-49(48)52)50-31-29-44(38-15-5-2-6-16-38)35-54(50)56(51)46-28-23-39-17-7-8-18-42(39)33-46/h1-13,15-37H,14H2. The molecule has 0 heterocycles. The van der Waals surface area contributed by atoms with Crippen LogP contribution in [0.4, 0.5) is 0 Å². The summed E-state index contributed by atoms with van der Waals surface area (Å²) in [5, 5.41) is 12.7. The molecule has 1 atom stereocenters. The third-order valence-corrected chi connectivity index (χ3v) is 11.9. The number of hydrogen-bond acceptors (Lipinski definition) is 0. The van der Waals surface area contributed by atoms with E-state index in [4.69, 9.17) is 0 Å². The maximum Gasteiger partial charge on any atom is 0.00559 e. The number of allylic oxidation sites excluding steroid dienone is 4. The lowest BCUT2D eigenvalue weighted by Gasteiger charge is -2.21. The molecule has 0 amide bonds. The second-order valence-corrected chi connectivity index (χ2v) is 15.2. The smallest absolute Gasteiger partial charge is 0.00559 e. The highest BCUT2D eigenvalue weighted by molar-refractivity contribution is 6.22. The number of rotatable bonds is 5. The van der Waals surface area contributed by atoms with Gasteiger partial charge in [0, 0.05) is 5.92 Å². The van der Waals surface area contributed by atoms with Crippen LogP contribution in [0.15, 0.2) is 212 Å². The first-order valence-corrected chi connectivity index (χ1v) is 19.7. The van der Waals surface area contributed by atoms with Crippen LogP contribution in [0.5, 0.6) is 0 Å². The third-order valence-electron chi connectivity index (χ3n) is 11.9. The zero-order valence-electron chi connectivity index (χ0n) is 31.0. The van der Waals surface area contributed by atoms with E-state index < -0.39 is 0 Å². The van der Waals surface area contributed by atoms with Gasteiger partial charge in [-0.3, -0.25) is 0 Å². The summed E-state index contributed by atoms with van der Waals surface area (Å²) in [5.74, 6) is 0.348. The maximum absolute atomic E-state index is 2.48. The van der Waals surface area contributed by atoms with Crippen LogP contribution in [0.3, 0.4) is 0 Å². The van der Waals surface area contributed by atoms with Gasteiger partial charge < -0.3 is 0 Å². The Hall–Kier alpha value is -7.02. The van der Waals surface area contributed by atoms with Gasteiger partial charge in [-0.25, -0.2) is 0 Å². The first-order chi connectivity index (χ1) is 27.8. The number of hydrogen-bond donors (Lipinski definition) is 0. The molecular formula is C56H38. The summed E-state index contributed by atoms with van der Waals surface area (Å²) in [4.78, 5) is 0. The number of benzene rings is 10. The fourth-order valence-electron chi connectivity index (χ4n) is 9.19. The van der Waals surface area contributed by atoms with E-state index in [0.29, 0.717) is 5.92 Å².